The highest BCUT2D eigenvalue weighted by Gasteiger charge is 2.58. The molecular formula is C26H31NO6. The lowest BCUT2D eigenvalue weighted by Crippen LogP contribution is -2.52. The second kappa shape index (κ2) is 10.1. The van der Waals surface area contributed by atoms with E-state index in [0.717, 1.165) is 17.4 Å². The topological polar surface area (TPSA) is 74.3 Å². The van der Waals surface area contributed by atoms with E-state index in [1.807, 2.05) is 74.5 Å². The van der Waals surface area contributed by atoms with Crippen molar-refractivity contribution in [2.45, 2.75) is 76.8 Å². The summed E-state index contributed by atoms with van der Waals surface area (Å²) in [5.74, 6) is -0.950. The van der Waals surface area contributed by atoms with Crippen molar-refractivity contribution in [2.75, 3.05) is 0 Å². The van der Waals surface area contributed by atoms with Crippen LogP contribution in [-0.4, -0.2) is 53.5 Å². The molecule has 1 unspecified atom stereocenters. The Labute approximate surface area is 194 Å². The van der Waals surface area contributed by atoms with E-state index in [4.69, 9.17) is 18.9 Å². The number of hydrogen-bond acceptors (Lipinski definition) is 6. The van der Waals surface area contributed by atoms with E-state index in [1.54, 1.807) is 4.90 Å². The van der Waals surface area contributed by atoms with Crippen molar-refractivity contribution in [1.29, 1.82) is 0 Å². The maximum absolute atomic E-state index is 12.7. The molecule has 2 fully saturated rings. The van der Waals surface area contributed by atoms with Crippen LogP contribution in [0.5, 0.6) is 0 Å². The first-order valence-electron chi connectivity index (χ1n) is 11.3. The van der Waals surface area contributed by atoms with Crippen LogP contribution < -0.4 is 0 Å². The normalized spacial score (nSPS) is 26.5. The lowest BCUT2D eigenvalue weighted by Gasteiger charge is -2.37. The molecule has 2 heterocycles. The Kier molecular flexibility index (Phi) is 7.24. The Morgan fingerprint density at radius 2 is 1.70 bits per heavy atom. The zero-order valence-electron chi connectivity index (χ0n) is 19.3. The summed E-state index contributed by atoms with van der Waals surface area (Å²) in [6.07, 6.45) is -1.26. The molecule has 176 valence electrons. The second-order valence-corrected chi connectivity index (χ2v) is 8.93. The van der Waals surface area contributed by atoms with Gasteiger partial charge < -0.3 is 28.6 Å². The molecule has 0 bridgehead atoms. The van der Waals surface area contributed by atoms with E-state index in [2.05, 4.69) is 0 Å². The molecule has 2 aliphatic heterocycles. The lowest BCUT2D eigenvalue weighted by molar-refractivity contribution is -0.227. The van der Waals surface area contributed by atoms with Gasteiger partial charge >= 0.3 is 0 Å². The maximum Gasteiger partial charge on any atom is 0.220 e. The van der Waals surface area contributed by atoms with Crippen molar-refractivity contribution in [2.24, 2.45) is 0 Å². The number of carbonyl (C=O) groups is 2. The molecule has 7 heteroatoms. The number of nitrogens with zero attached hydrogens (tertiary/aromatic N) is 1. The van der Waals surface area contributed by atoms with Crippen molar-refractivity contribution in [3.63, 3.8) is 0 Å². The molecule has 5 atom stereocenters. The molecule has 33 heavy (non-hydrogen) atoms. The van der Waals surface area contributed by atoms with Crippen molar-refractivity contribution in [3.05, 3.63) is 71.8 Å². The van der Waals surface area contributed by atoms with E-state index in [9.17, 15) is 9.59 Å². The molecule has 0 N–H and O–H groups in total. The van der Waals surface area contributed by atoms with Crippen LogP contribution in [0, 0.1) is 0 Å². The van der Waals surface area contributed by atoms with Crippen molar-refractivity contribution in [3.8, 4) is 0 Å². The van der Waals surface area contributed by atoms with Crippen molar-refractivity contribution in [1.82, 2.24) is 4.90 Å². The number of rotatable bonds is 9. The monoisotopic (exact) mass is 453 g/mol. The lowest BCUT2D eigenvalue weighted by atomic mass is 9.98. The molecule has 0 aliphatic carbocycles. The first kappa shape index (κ1) is 23.6. The minimum Gasteiger partial charge on any atom is -0.368 e. The number of aldehydes is 1. The van der Waals surface area contributed by atoms with Gasteiger partial charge in [-0.1, -0.05) is 60.7 Å². The van der Waals surface area contributed by atoms with Crippen LogP contribution in [0.25, 0.3) is 0 Å². The van der Waals surface area contributed by atoms with Crippen LogP contribution in [0.1, 0.15) is 38.3 Å². The van der Waals surface area contributed by atoms with Gasteiger partial charge in [-0.05, 0) is 25.0 Å². The fraction of sp³-hybridized carbons (Fsp3) is 0.462. The van der Waals surface area contributed by atoms with Crippen LogP contribution in [0.2, 0.25) is 0 Å². The zero-order valence-corrected chi connectivity index (χ0v) is 19.3. The molecule has 2 aliphatic rings. The third kappa shape index (κ3) is 5.50. The molecule has 0 saturated carbocycles. The number of hydrogen-bond donors (Lipinski definition) is 0. The van der Waals surface area contributed by atoms with Gasteiger partial charge in [-0.2, -0.15) is 0 Å². The van der Waals surface area contributed by atoms with E-state index >= 15 is 0 Å². The van der Waals surface area contributed by atoms with Gasteiger partial charge in [0.2, 0.25) is 5.91 Å². The molecule has 2 aromatic rings. The predicted molar refractivity (Wildman–Crippen MR) is 121 cm³/mol. The largest absolute Gasteiger partial charge is 0.368 e. The van der Waals surface area contributed by atoms with Gasteiger partial charge in [-0.25, -0.2) is 0 Å². The van der Waals surface area contributed by atoms with Gasteiger partial charge in [0.25, 0.3) is 0 Å². The zero-order chi connectivity index (χ0) is 23.4. The molecule has 0 radical (unpaired) electrons. The predicted octanol–water partition coefficient (Wildman–Crippen LogP) is 3.45. The SMILES string of the molecule is CC(=O)N(Cc1ccccc1)C(CC=O)[C@H]1O[C@@H]2OC(C)(C)O[C@@H]2[C@H]1OCc1ccccc1. The summed E-state index contributed by atoms with van der Waals surface area (Å²) in [5.41, 5.74) is 1.98. The van der Waals surface area contributed by atoms with Crippen LogP contribution in [0.15, 0.2) is 60.7 Å². The number of benzene rings is 2. The van der Waals surface area contributed by atoms with Crippen molar-refractivity contribution >= 4 is 12.2 Å². The third-order valence-electron chi connectivity index (χ3n) is 6.03. The summed E-state index contributed by atoms with van der Waals surface area (Å²) in [5, 5.41) is 0. The third-order valence-corrected chi connectivity index (χ3v) is 6.03. The first-order chi connectivity index (χ1) is 15.9. The van der Waals surface area contributed by atoms with Gasteiger partial charge in [-0.15, -0.1) is 0 Å². The first-order valence-corrected chi connectivity index (χ1v) is 11.3. The average molecular weight is 454 g/mol. The highest BCUT2D eigenvalue weighted by atomic mass is 16.8. The van der Waals surface area contributed by atoms with Crippen LogP contribution in [0.3, 0.4) is 0 Å². The molecule has 1 amide bonds. The van der Waals surface area contributed by atoms with Gasteiger partial charge in [-0.3, -0.25) is 4.79 Å². The molecule has 0 aromatic heterocycles. The standard InChI is InChI=1S/C26H31NO6/c1-18(29)27(16-19-10-6-4-7-11-19)21(14-15-28)22-23(30-17-20-12-8-5-9-13-20)24-25(31-22)33-26(2,3)32-24/h4-13,15,21-25H,14,16-17H2,1-3H3/t21?,22-,23+,24-,25-/m1/s1. The Hall–Kier alpha value is -2.58. The molecular weight excluding hydrogens is 422 g/mol. The van der Waals surface area contributed by atoms with Crippen LogP contribution >= 0.6 is 0 Å². The number of amides is 1. The molecule has 4 rings (SSSR count). The van der Waals surface area contributed by atoms with E-state index < -0.39 is 36.4 Å². The molecule has 2 saturated heterocycles. The minimum atomic E-state index is -0.806. The number of ether oxygens (including phenoxy) is 4. The van der Waals surface area contributed by atoms with E-state index in [0.29, 0.717) is 13.2 Å². The average Bonchev–Trinajstić information content (AvgIpc) is 3.27. The Bertz CT molecular complexity index is 934. The molecule has 0 spiro atoms. The molecule has 2 aromatic carbocycles. The summed E-state index contributed by atoms with van der Waals surface area (Å²) in [6.45, 7) is 5.89. The van der Waals surface area contributed by atoms with E-state index in [-0.39, 0.29) is 12.3 Å². The summed E-state index contributed by atoms with van der Waals surface area (Å²) >= 11 is 0. The van der Waals surface area contributed by atoms with Crippen LogP contribution in [0.4, 0.5) is 0 Å². The molecule has 7 nitrogen and oxygen atoms in total. The highest BCUT2D eigenvalue weighted by molar-refractivity contribution is 5.74. The van der Waals surface area contributed by atoms with Crippen LogP contribution in [-0.2, 0) is 41.7 Å². The van der Waals surface area contributed by atoms with Gasteiger partial charge in [0, 0.05) is 19.9 Å². The maximum atomic E-state index is 12.7. The summed E-state index contributed by atoms with van der Waals surface area (Å²) in [4.78, 5) is 26.1. The number of fused-ring (bicyclic) bond motifs is 1. The van der Waals surface area contributed by atoms with Gasteiger partial charge in [0.15, 0.2) is 12.1 Å². The highest BCUT2D eigenvalue weighted by Crippen LogP contribution is 2.41. The number of carbonyl (C=O) groups excluding carboxylic acids is 2. The van der Waals surface area contributed by atoms with Gasteiger partial charge in [0.1, 0.15) is 24.6 Å². The summed E-state index contributed by atoms with van der Waals surface area (Å²) in [7, 11) is 0. The minimum absolute atomic E-state index is 0.116. The van der Waals surface area contributed by atoms with Gasteiger partial charge in [0.05, 0.1) is 12.6 Å². The quantitative estimate of drug-likeness (QED) is 0.542. The fourth-order valence-corrected chi connectivity index (χ4v) is 4.55. The fourth-order valence-electron chi connectivity index (χ4n) is 4.55. The Morgan fingerprint density at radius 3 is 2.30 bits per heavy atom. The van der Waals surface area contributed by atoms with Crippen molar-refractivity contribution < 1.29 is 28.5 Å². The summed E-state index contributed by atoms with van der Waals surface area (Å²) in [6, 6.07) is 19.0. The Balaban J connectivity index is 1.60. The second-order valence-electron chi connectivity index (χ2n) is 8.93. The smallest absolute Gasteiger partial charge is 0.220 e. The van der Waals surface area contributed by atoms with E-state index in [1.165, 1.54) is 6.92 Å². The summed E-state index contributed by atoms with van der Waals surface area (Å²) < 4.78 is 24.7. The Morgan fingerprint density at radius 1 is 1.06 bits per heavy atom.